The molecule has 0 aromatic carbocycles. The van der Waals surface area contributed by atoms with E-state index in [1.807, 2.05) is 6.92 Å². The molecule has 0 fully saturated rings. The van der Waals surface area contributed by atoms with E-state index in [2.05, 4.69) is 19.1 Å². The second-order valence-electron chi connectivity index (χ2n) is 5.25. The fourth-order valence-corrected chi connectivity index (χ4v) is 2.80. The molecule has 0 aromatic heterocycles. The van der Waals surface area contributed by atoms with Crippen LogP contribution in [-0.2, 0) is 0 Å². The van der Waals surface area contributed by atoms with E-state index in [0.29, 0.717) is 5.92 Å². The van der Waals surface area contributed by atoms with Crippen molar-refractivity contribution in [3.63, 3.8) is 0 Å². The van der Waals surface area contributed by atoms with Crippen molar-refractivity contribution in [1.82, 2.24) is 0 Å². The van der Waals surface area contributed by atoms with Crippen LogP contribution in [0.25, 0.3) is 0 Å². The summed E-state index contributed by atoms with van der Waals surface area (Å²) in [6.07, 6.45) is 6.63. The molecule has 0 radical (unpaired) electrons. The Bertz CT molecular complexity index is 245. The van der Waals surface area contributed by atoms with Gasteiger partial charge in [-0.15, -0.1) is 0 Å². The molecule has 0 saturated heterocycles. The summed E-state index contributed by atoms with van der Waals surface area (Å²) in [6, 6.07) is 0. The van der Waals surface area contributed by atoms with Gasteiger partial charge in [0.15, 0.2) is 0 Å². The molecule has 0 amide bonds. The van der Waals surface area contributed by atoms with E-state index in [-0.39, 0.29) is 17.9 Å². The normalized spacial score (nSPS) is 52.9. The highest BCUT2D eigenvalue weighted by atomic mass is 16.3. The molecular weight excluding hydrogens is 176 g/mol. The molecule has 0 saturated carbocycles. The third kappa shape index (κ3) is 1.61. The first-order chi connectivity index (χ1) is 6.50. The van der Waals surface area contributed by atoms with E-state index in [9.17, 15) is 10.2 Å². The smallest absolute Gasteiger partial charge is 0.0682 e. The highest BCUT2D eigenvalue weighted by Gasteiger charge is 2.40. The van der Waals surface area contributed by atoms with Gasteiger partial charge in [-0.1, -0.05) is 19.1 Å². The second kappa shape index (κ2) is 3.35. The summed E-state index contributed by atoms with van der Waals surface area (Å²) in [4.78, 5) is 0. The SMILES string of the molecule is CC1C[C@@H]2C=C[C@@H](CC[C@]2(C)O)[C@H]1O. The van der Waals surface area contributed by atoms with Crippen molar-refractivity contribution in [2.24, 2.45) is 17.8 Å². The van der Waals surface area contributed by atoms with Gasteiger partial charge >= 0.3 is 0 Å². The average molecular weight is 196 g/mol. The molecule has 2 nitrogen and oxygen atoms in total. The van der Waals surface area contributed by atoms with E-state index < -0.39 is 5.60 Å². The molecule has 0 aliphatic heterocycles. The zero-order valence-electron chi connectivity index (χ0n) is 8.98. The van der Waals surface area contributed by atoms with Gasteiger partial charge in [-0.05, 0) is 32.1 Å². The second-order valence-corrected chi connectivity index (χ2v) is 5.25. The first-order valence-corrected chi connectivity index (χ1v) is 5.59. The molecule has 5 atom stereocenters. The first kappa shape index (κ1) is 10.2. The fourth-order valence-electron chi connectivity index (χ4n) is 2.80. The lowest BCUT2D eigenvalue weighted by atomic mass is 9.75. The molecule has 2 heteroatoms. The van der Waals surface area contributed by atoms with Crippen LogP contribution in [0.15, 0.2) is 12.2 Å². The van der Waals surface area contributed by atoms with Gasteiger partial charge in [0.05, 0.1) is 11.7 Å². The van der Waals surface area contributed by atoms with Crippen molar-refractivity contribution in [3.05, 3.63) is 12.2 Å². The summed E-state index contributed by atoms with van der Waals surface area (Å²) in [6.45, 7) is 4.01. The van der Waals surface area contributed by atoms with Gasteiger partial charge in [0.2, 0.25) is 0 Å². The van der Waals surface area contributed by atoms with Crippen LogP contribution in [0.4, 0.5) is 0 Å². The molecule has 2 aliphatic rings. The van der Waals surface area contributed by atoms with Crippen molar-refractivity contribution in [1.29, 1.82) is 0 Å². The van der Waals surface area contributed by atoms with Gasteiger partial charge in [0, 0.05) is 11.8 Å². The molecule has 1 unspecified atom stereocenters. The van der Waals surface area contributed by atoms with Crippen LogP contribution in [0.5, 0.6) is 0 Å². The Kier molecular flexibility index (Phi) is 2.44. The number of aliphatic hydroxyl groups excluding tert-OH is 1. The van der Waals surface area contributed by atoms with E-state index in [0.717, 1.165) is 19.3 Å². The molecule has 0 spiro atoms. The topological polar surface area (TPSA) is 40.5 Å². The molecule has 2 aliphatic carbocycles. The lowest BCUT2D eigenvalue weighted by Gasteiger charge is -2.36. The summed E-state index contributed by atoms with van der Waals surface area (Å²) in [5, 5.41) is 20.2. The summed E-state index contributed by atoms with van der Waals surface area (Å²) in [5.74, 6) is 0.774. The summed E-state index contributed by atoms with van der Waals surface area (Å²) >= 11 is 0. The van der Waals surface area contributed by atoms with Crippen molar-refractivity contribution >= 4 is 0 Å². The molecule has 0 heterocycles. The van der Waals surface area contributed by atoms with E-state index in [4.69, 9.17) is 0 Å². The van der Waals surface area contributed by atoms with Crippen LogP contribution >= 0.6 is 0 Å². The van der Waals surface area contributed by atoms with Crippen LogP contribution in [0.1, 0.15) is 33.1 Å². The highest BCUT2D eigenvalue weighted by Crippen LogP contribution is 2.40. The van der Waals surface area contributed by atoms with Crippen molar-refractivity contribution in [2.75, 3.05) is 0 Å². The number of aliphatic hydroxyl groups is 2. The van der Waals surface area contributed by atoms with Gasteiger partial charge in [-0.2, -0.15) is 0 Å². The zero-order valence-corrected chi connectivity index (χ0v) is 8.98. The van der Waals surface area contributed by atoms with Gasteiger partial charge in [0.1, 0.15) is 0 Å². The van der Waals surface area contributed by atoms with Crippen LogP contribution in [0, 0.1) is 17.8 Å². The molecule has 14 heavy (non-hydrogen) atoms. The van der Waals surface area contributed by atoms with Crippen LogP contribution in [-0.4, -0.2) is 21.9 Å². The van der Waals surface area contributed by atoms with E-state index >= 15 is 0 Å². The third-order valence-corrected chi connectivity index (χ3v) is 4.02. The predicted molar refractivity (Wildman–Crippen MR) is 55.8 cm³/mol. The number of hydrogen-bond donors (Lipinski definition) is 2. The molecule has 80 valence electrons. The molecule has 0 aromatic rings. The van der Waals surface area contributed by atoms with Gasteiger partial charge < -0.3 is 10.2 Å². The Morgan fingerprint density at radius 1 is 1.36 bits per heavy atom. The van der Waals surface area contributed by atoms with Gasteiger partial charge in [-0.3, -0.25) is 0 Å². The molecule has 2 bridgehead atoms. The average Bonchev–Trinajstić information content (AvgIpc) is 2.34. The quantitative estimate of drug-likeness (QED) is 0.579. The lowest BCUT2D eigenvalue weighted by molar-refractivity contribution is -0.0320. The summed E-state index contributed by atoms with van der Waals surface area (Å²) in [7, 11) is 0. The molecule has 2 N–H and O–H groups in total. The summed E-state index contributed by atoms with van der Waals surface area (Å²) < 4.78 is 0. The minimum absolute atomic E-state index is 0.215. The Labute approximate surface area is 85.6 Å². The number of fused-ring (bicyclic) bond motifs is 2. The fraction of sp³-hybridized carbons (Fsp3) is 0.833. The molecule has 2 rings (SSSR count). The highest BCUT2D eigenvalue weighted by molar-refractivity contribution is 5.09. The van der Waals surface area contributed by atoms with Crippen LogP contribution in [0.3, 0.4) is 0 Å². The van der Waals surface area contributed by atoms with E-state index in [1.54, 1.807) is 0 Å². The maximum Gasteiger partial charge on any atom is 0.0682 e. The predicted octanol–water partition coefficient (Wildman–Crippen LogP) is 1.72. The zero-order chi connectivity index (χ0) is 10.3. The maximum absolute atomic E-state index is 10.2. The number of hydrogen-bond acceptors (Lipinski definition) is 2. The first-order valence-electron chi connectivity index (χ1n) is 5.59. The minimum Gasteiger partial charge on any atom is -0.392 e. The lowest BCUT2D eigenvalue weighted by Crippen LogP contribution is -2.38. The molecular formula is C12H20O2. The Hall–Kier alpha value is -0.340. The largest absolute Gasteiger partial charge is 0.392 e. The Morgan fingerprint density at radius 3 is 2.79 bits per heavy atom. The van der Waals surface area contributed by atoms with Gasteiger partial charge in [-0.25, -0.2) is 0 Å². The number of rotatable bonds is 0. The van der Waals surface area contributed by atoms with Crippen molar-refractivity contribution in [2.45, 2.75) is 44.8 Å². The maximum atomic E-state index is 10.2. The summed E-state index contributed by atoms with van der Waals surface area (Å²) in [5.41, 5.74) is -0.570. The minimum atomic E-state index is -0.570. The Morgan fingerprint density at radius 2 is 2.07 bits per heavy atom. The van der Waals surface area contributed by atoms with Crippen molar-refractivity contribution < 1.29 is 10.2 Å². The van der Waals surface area contributed by atoms with E-state index in [1.165, 1.54) is 0 Å². The van der Waals surface area contributed by atoms with Crippen LogP contribution in [0.2, 0.25) is 0 Å². The standard InChI is InChI=1S/C12H20O2/c1-8-7-10-4-3-9(11(8)13)5-6-12(10,2)14/h3-4,8-11,13-14H,5-7H2,1-2H3/t8?,9-,10-,11-,12-/m0/s1. The van der Waals surface area contributed by atoms with Crippen molar-refractivity contribution in [3.8, 4) is 0 Å². The monoisotopic (exact) mass is 196 g/mol. The Balaban J connectivity index is 2.27. The van der Waals surface area contributed by atoms with Crippen LogP contribution < -0.4 is 0 Å². The third-order valence-electron chi connectivity index (χ3n) is 4.02. The van der Waals surface area contributed by atoms with Gasteiger partial charge in [0.25, 0.3) is 0 Å².